The molecule has 1 aromatic heterocycles. The fraction of sp³-hybridized carbons (Fsp3) is 0.824. The molecule has 0 amide bonds. The minimum atomic E-state index is 0.509. The van der Waals surface area contributed by atoms with Crippen molar-refractivity contribution in [3.05, 3.63) is 18.7 Å². The molecule has 21 heavy (non-hydrogen) atoms. The maximum absolute atomic E-state index is 4.15. The van der Waals surface area contributed by atoms with Crippen LogP contribution in [-0.4, -0.2) is 45.2 Å². The summed E-state index contributed by atoms with van der Waals surface area (Å²) >= 11 is 0. The Kier molecular flexibility index (Phi) is 3.54. The maximum Gasteiger partial charge on any atom is 0.0948 e. The molecule has 1 aliphatic heterocycles. The molecule has 0 spiro atoms. The van der Waals surface area contributed by atoms with Crippen molar-refractivity contribution in [2.24, 2.45) is 0 Å². The van der Waals surface area contributed by atoms with E-state index in [1.807, 2.05) is 12.5 Å². The first-order chi connectivity index (χ1) is 10.2. The van der Waals surface area contributed by atoms with E-state index in [4.69, 9.17) is 0 Å². The van der Waals surface area contributed by atoms with Crippen molar-refractivity contribution >= 4 is 0 Å². The largest absolute Gasteiger partial charge is 0.334 e. The summed E-state index contributed by atoms with van der Waals surface area (Å²) < 4.78 is 2.26. The van der Waals surface area contributed by atoms with E-state index in [0.717, 1.165) is 12.1 Å². The highest BCUT2D eigenvalue weighted by Gasteiger charge is 2.40. The zero-order valence-corrected chi connectivity index (χ0v) is 13.2. The van der Waals surface area contributed by atoms with Gasteiger partial charge in [-0.1, -0.05) is 0 Å². The molecule has 0 bridgehead atoms. The lowest BCUT2D eigenvalue weighted by Crippen LogP contribution is -2.57. The third-order valence-electron chi connectivity index (χ3n) is 6.21. The van der Waals surface area contributed by atoms with E-state index in [0.29, 0.717) is 11.6 Å². The van der Waals surface area contributed by atoms with Crippen LogP contribution in [-0.2, 0) is 0 Å². The molecule has 0 unspecified atom stereocenters. The van der Waals surface area contributed by atoms with E-state index in [9.17, 15) is 0 Å². The molecule has 2 aliphatic carbocycles. The van der Waals surface area contributed by atoms with Gasteiger partial charge >= 0.3 is 0 Å². The second kappa shape index (κ2) is 5.40. The number of likely N-dealkylation sites (tertiary alicyclic amines) is 1. The number of imidazole rings is 1. The molecular weight excluding hydrogens is 260 g/mol. The summed E-state index contributed by atoms with van der Waals surface area (Å²) in [6.45, 7) is 5.16. The van der Waals surface area contributed by atoms with E-state index in [1.54, 1.807) is 0 Å². The van der Waals surface area contributed by atoms with E-state index < -0.39 is 0 Å². The molecule has 4 rings (SSSR count). The Balaban J connectivity index is 1.21. The summed E-state index contributed by atoms with van der Waals surface area (Å²) in [6.07, 6.45) is 15.4. The van der Waals surface area contributed by atoms with Crippen LogP contribution < -0.4 is 5.32 Å². The van der Waals surface area contributed by atoms with Crippen molar-refractivity contribution < 1.29 is 0 Å². The van der Waals surface area contributed by atoms with Crippen LogP contribution in [0.5, 0.6) is 0 Å². The lowest BCUT2D eigenvalue weighted by molar-refractivity contribution is 0.00613. The summed E-state index contributed by atoms with van der Waals surface area (Å²) in [5.74, 6) is 0. The Morgan fingerprint density at radius 1 is 1.14 bits per heavy atom. The van der Waals surface area contributed by atoms with Crippen molar-refractivity contribution in [2.45, 2.75) is 75.5 Å². The van der Waals surface area contributed by atoms with Crippen molar-refractivity contribution in [3.63, 3.8) is 0 Å². The zero-order chi connectivity index (χ0) is 14.3. The van der Waals surface area contributed by atoms with Crippen molar-refractivity contribution in [1.29, 1.82) is 0 Å². The molecule has 1 N–H and O–H groups in total. The van der Waals surface area contributed by atoms with Gasteiger partial charge in [0.25, 0.3) is 0 Å². The number of rotatable bonds is 4. The molecular formula is C17H28N4. The van der Waals surface area contributed by atoms with Gasteiger partial charge in [-0.15, -0.1) is 0 Å². The lowest BCUT2D eigenvalue weighted by Gasteiger charge is -2.51. The molecule has 4 heteroatoms. The number of nitrogens with one attached hydrogen (secondary N) is 1. The van der Waals surface area contributed by atoms with Crippen LogP contribution in [0.1, 0.15) is 57.9 Å². The highest BCUT2D eigenvalue weighted by molar-refractivity contribution is 4.98. The van der Waals surface area contributed by atoms with Crippen LogP contribution >= 0.6 is 0 Å². The van der Waals surface area contributed by atoms with Crippen LogP contribution in [0.4, 0.5) is 0 Å². The molecule has 2 heterocycles. The van der Waals surface area contributed by atoms with Gasteiger partial charge in [-0.2, -0.15) is 0 Å². The van der Waals surface area contributed by atoms with Gasteiger partial charge in [-0.25, -0.2) is 4.98 Å². The van der Waals surface area contributed by atoms with Gasteiger partial charge in [0.2, 0.25) is 0 Å². The lowest BCUT2D eigenvalue weighted by atomic mass is 9.77. The summed E-state index contributed by atoms with van der Waals surface area (Å²) in [5.41, 5.74) is 0.509. The third kappa shape index (κ3) is 2.64. The first-order valence-electron chi connectivity index (χ1n) is 8.71. The van der Waals surface area contributed by atoms with Gasteiger partial charge in [0.15, 0.2) is 0 Å². The van der Waals surface area contributed by atoms with Crippen LogP contribution in [0.15, 0.2) is 18.7 Å². The highest BCUT2D eigenvalue weighted by Crippen LogP contribution is 2.38. The van der Waals surface area contributed by atoms with Crippen molar-refractivity contribution in [1.82, 2.24) is 19.8 Å². The normalized spacial score (nSPS) is 40.5. The second-order valence-corrected chi connectivity index (χ2v) is 7.61. The number of nitrogens with zero attached hydrogens (tertiary/aromatic N) is 3. The average molecular weight is 288 g/mol. The summed E-state index contributed by atoms with van der Waals surface area (Å²) in [4.78, 5) is 6.86. The van der Waals surface area contributed by atoms with Gasteiger partial charge in [0.1, 0.15) is 0 Å². The molecule has 3 aliphatic rings. The van der Waals surface area contributed by atoms with Crippen LogP contribution in [0.3, 0.4) is 0 Å². The smallest absolute Gasteiger partial charge is 0.0948 e. The molecule has 0 aromatic carbocycles. The molecule has 0 atom stereocenters. The Morgan fingerprint density at radius 2 is 1.90 bits per heavy atom. The van der Waals surface area contributed by atoms with Crippen molar-refractivity contribution in [3.8, 4) is 0 Å². The molecule has 1 aromatic rings. The highest BCUT2D eigenvalue weighted by atomic mass is 15.2. The Bertz CT molecular complexity index is 451. The zero-order valence-electron chi connectivity index (χ0n) is 13.2. The fourth-order valence-corrected chi connectivity index (χ4v) is 4.36. The molecule has 2 saturated carbocycles. The van der Waals surface area contributed by atoms with E-state index in [-0.39, 0.29) is 0 Å². The van der Waals surface area contributed by atoms with Gasteiger partial charge < -0.3 is 9.88 Å². The number of hydrogen-bond donors (Lipinski definition) is 1. The Hall–Kier alpha value is -0.870. The summed E-state index contributed by atoms with van der Waals surface area (Å²) in [6, 6.07) is 2.17. The second-order valence-electron chi connectivity index (χ2n) is 7.61. The van der Waals surface area contributed by atoms with Crippen molar-refractivity contribution in [2.75, 3.05) is 13.1 Å². The van der Waals surface area contributed by atoms with Crippen LogP contribution in [0, 0.1) is 0 Å². The Labute approximate surface area is 127 Å². The molecule has 0 radical (unpaired) electrons. The van der Waals surface area contributed by atoms with Gasteiger partial charge in [0, 0.05) is 36.1 Å². The van der Waals surface area contributed by atoms with E-state index in [2.05, 4.69) is 32.9 Å². The predicted molar refractivity (Wildman–Crippen MR) is 84.3 cm³/mol. The first kappa shape index (κ1) is 13.8. The summed E-state index contributed by atoms with van der Waals surface area (Å²) in [5, 5.41) is 3.91. The fourth-order valence-electron chi connectivity index (χ4n) is 4.36. The van der Waals surface area contributed by atoms with Gasteiger partial charge in [-0.05, 0) is 65.0 Å². The van der Waals surface area contributed by atoms with Gasteiger partial charge in [-0.3, -0.25) is 4.90 Å². The molecule has 4 nitrogen and oxygen atoms in total. The quantitative estimate of drug-likeness (QED) is 0.924. The predicted octanol–water partition coefficient (Wildman–Crippen LogP) is 2.58. The van der Waals surface area contributed by atoms with Crippen LogP contribution in [0.25, 0.3) is 0 Å². The van der Waals surface area contributed by atoms with Gasteiger partial charge in [0.05, 0.1) is 6.33 Å². The number of aromatic nitrogens is 2. The SMILES string of the molecule is CC1(N2CCC2)CCC(NC2CC(n3ccnc3)C2)CC1. The third-order valence-corrected chi connectivity index (χ3v) is 6.21. The first-order valence-corrected chi connectivity index (χ1v) is 8.71. The summed E-state index contributed by atoms with van der Waals surface area (Å²) in [7, 11) is 0. The maximum atomic E-state index is 4.15. The standard InChI is InChI=1S/C17H28N4/c1-17(21-8-2-9-21)5-3-14(4-6-17)19-15-11-16(12-15)20-10-7-18-13-20/h7,10,13-16,19H,2-6,8-9,11-12H2,1H3. The minimum Gasteiger partial charge on any atom is -0.334 e. The van der Waals surface area contributed by atoms with Crippen LogP contribution in [0.2, 0.25) is 0 Å². The van der Waals surface area contributed by atoms with E-state index >= 15 is 0 Å². The Morgan fingerprint density at radius 3 is 2.48 bits per heavy atom. The average Bonchev–Trinajstić information content (AvgIpc) is 2.86. The molecule has 3 fully saturated rings. The van der Waals surface area contributed by atoms with E-state index in [1.165, 1.54) is 58.0 Å². The topological polar surface area (TPSA) is 33.1 Å². The molecule has 1 saturated heterocycles. The monoisotopic (exact) mass is 288 g/mol. The minimum absolute atomic E-state index is 0.509. The molecule has 116 valence electrons. The number of hydrogen-bond acceptors (Lipinski definition) is 3.